The van der Waals surface area contributed by atoms with Gasteiger partial charge in [0.05, 0.1) is 0 Å². The van der Waals surface area contributed by atoms with Gasteiger partial charge in [-0.1, -0.05) is 109 Å². The van der Waals surface area contributed by atoms with Gasteiger partial charge in [-0.2, -0.15) is 12.6 Å². The zero-order valence-corrected chi connectivity index (χ0v) is 23.4. The molecule has 180 valence electrons. The molecule has 0 aliphatic heterocycles. The van der Waals surface area contributed by atoms with Crippen LogP contribution in [-0.2, 0) is 18.3 Å². The standard InChI is InChI=1S/C25H33Cl.C3H8.C2H6S/c1-6-8-10-12-23-19(3)17-22(18-24(23)26)25(4,5)21-15-13-20(14-16-21)11-9-7-2;1-3-2;1-2-3/h7,13-18H,2,6,8-12H2,1,3-5H3;3H2,1-2H3;3H,2H2,1H3. The lowest BCUT2D eigenvalue weighted by atomic mass is 9.77. The Hall–Kier alpha value is -1.18. The number of aryl methyl sites for hydroxylation is 2. The summed E-state index contributed by atoms with van der Waals surface area (Å²) in [4.78, 5) is 0. The molecule has 0 atom stereocenters. The second-order valence-corrected chi connectivity index (χ2v) is 9.92. The maximum absolute atomic E-state index is 6.68. The zero-order chi connectivity index (χ0) is 24.6. The van der Waals surface area contributed by atoms with Crippen molar-refractivity contribution in [3.8, 4) is 0 Å². The second kappa shape index (κ2) is 17.3. The maximum Gasteiger partial charge on any atom is 0.0443 e. The van der Waals surface area contributed by atoms with E-state index in [1.54, 1.807) is 0 Å². The fourth-order valence-electron chi connectivity index (χ4n) is 3.53. The van der Waals surface area contributed by atoms with Crippen molar-refractivity contribution in [1.82, 2.24) is 0 Å². The largest absolute Gasteiger partial charge is 0.180 e. The number of allylic oxidation sites excluding steroid dienone is 1. The van der Waals surface area contributed by atoms with Gasteiger partial charge in [0.1, 0.15) is 0 Å². The maximum atomic E-state index is 6.68. The van der Waals surface area contributed by atoms with Crippen LogP contribution in [0.15, 0.2) is 49.1 Å². The van der Waals surface area contributed by atoms with Crippen molar-refractivity contribution in [2.75, 3.05) is 5.75 Å². The van der Waals surface area contributed by atoms with E-state index in [1.807, 2.05) is 13.0 Å². The molecule has 0 aliphatic carbocycles. The van der Waals surface area contributed by atoms with E-state index in [1.165, 1.54) is 53.5 Å². The normalized spacial score (nSPS) is 10.5. The van der Waals surface area contributed by atoms with Gasteiger partial charge in [-0.15, -0.1) is 6.58 Å². The minimum Gasteiger partial charge on any atom is -0.180 e. The van der Waals surface area contributed by atoms with Gasteiger partial charge in [-0.05, 0) is 72.2 Å². The molecule has 0 saturated heterocycles. The van der Waals surface area contributed by atoms with Gasteiger partial charge in [0, 0.05) is 10.4 Å². The third-order valence-corrected chi connectivity index (χ3v) is 5.82. The topological polar surface area (TPSA) is 0 Å². The van der Waals surface area contributed by atoms with Crippen molar-refractivity contribution in [1.29, 1.82) is 0 Å². The van der Waals surface area contributed by atoms with Crippen LogP contribution in [0.2, 0.25) is 5.02 Å². The summed E-state index contributed by atoms with van der Waals surface area (Å²) in [5.74, 6) is 0.944. The SMILES string of the molecule is C=CCCc1ccc(C(C)(C)c2cc(C)c(CCCCC)c(Cl)c2)cc1.CCC.CCS. The number of rotatable bonds is 9. The van der Waals surface area contributed by atoms with E-state index in [0.717, 1.165) is 30.0 Å². The Morgan fingerprint density at radius 3 is 1.97 bits per heavy atom. The Kier molecular flexibility index (Phi) is 16.7. The molecule has 0 fully saturated rings. The van der Waals surface area contributed by atoms with Crippen molar-refractivity contribution in [3.05, 3.63) is 81.9 Å². The lowest BCUT2D eigenvalue weighted by molar-refractivity contribution is 0.638. The number of thiol groups is 1. The highest BCUT2D eigenvalue weighted by molar-refractivity contribution is 7.80. The van der Waals surface area contributed by atoms with Crippen LogP contribution in [0.5, 0.6) is 0 Å². The summed E-state index contributed by atoms with van der Waals surface area (Å²) in [6, 6.07) is 13.5. The Bertz CT molecular complexity index is 734. The fourth-order valence-corrected chi connectivity index (χ4v) is 3.89. The minimum absolute atomic E-state index is 0.0622. The van der Waals surface area contributed by atoms with Gasteiger partial charge in [0.15, 0.2) is 0 Å². The number of halogens is 1. The smallest absolute Gasteiger partial charge is 0.0443 e. The third-order valence-electron chi connectivity index (χ3n) is 5.48. The lowest BCUT2D eigenvalue weighted by Crippen LogP contribution is -2.19. The average Bonchev–Trinajstić information content (AvgIpc) is 2.75. The highest BCUT2D eigenvalue weighted by Crippen LogP contribution is 2.35. The Morgan fingerprint density at radius 2 is 1.50 bits per heavy atom. The molecule has 0 radical (unpaired) electrons. The molecule has 2 heteroatoms. The van der Waals surface area contributed by atoms with Crippen LogP contribution >= 0.6 is 24.2 Å². The molecule has 0 spiro atoms. The molecule has 0 amide bonds. The summed E-state index contributed by atoms with van der Waals surface area (Å²) < 4.78 is 0. The van der Waals surface area contributed by atoms with E-state index < -0.39 is 0 Å². The molecule has 32 heavy (non-hydrogen) atoms. The monoisotopic (exact) mass is 474 g/mol. The van der Waals surface area contributed by atoms with E-state index in [2.05, 4.69) is 97.1 Å². The van der Waals surface area contributed by atoms with Gasteiger partial charge in [-0.25, -0.2) is 0 Å². The first-order chi connectivity index (χ1) is 15.2. The number of hydrogen-bond acceptors (Lipinski definition) is 1. The Morgan fingerprint density at radius 1 is 0.938 bits per heavy atom. The van der Waals surface area contributed by atoms with Gasteiger partial charge >= 0.3 is 0 Å². The highest BCUT2D eigenvalue weighted by Gasteiger charge is 2.24. The number of hydrogen-bond donors (Lipinski definition) is 1. The summed E-state index contributed by atoms with van der Waals surface area (Å²) in [5.41, 5.74) is 6.56. The summed E-state index contributed by atoms with van der Waals surface area (Å²) >= 11 is 10.5. The van der Waals surface area contributed by atoms with Crippen molar-refractivity contribution < 1.29 is 0 Å². The first kappa shape index (κ1) is 30.8. The van der Waals surface area contributed by atoms with E-state index in [9.17, 15) is 0 Å². The van der Waals surface area contributed by atoms with Crippen molar-refractivity contribution in [2.24, 2.45) is 0 Å². The summed E-state index contributed by atoms with van der Waals surface area (Å²) in [6.45, 7) is 19.1. The average molecular weight is 475 g/mol. The van der Waals surface area contributed by atoms with E-state index >= 15 is 0 Å². The first-order valence-electron chi connectivity index (χ1n) is 12.3. The van der Waals surface area contributed by atoms with Crippen LogP contribution in [0, 0.1) is 6.92 Å². The second-order valence-electron chi connectivity index (χ2n) is 8.88. The predicted molar refractivity (Wildman–Crippen MR) is 152 cm³/mol. The van der Waals surface area contributed by atoms with Crippen LogP contribution in [0.4, 0.5) is 0 Å². The molecule has 0 N–H and O–H groups in total. The highest BCUT2D eigenvalue weighted by atomic mass is 35.5. The summed E-state index contributed by atoms with van der Waals surface area (Å²) in [6.07, 6.45) is 10.1. The van der Waals surface area contributed by atoms with E-state index in [-0.39, 0.29) is 5.41 Å². The van der Waals surface area contributed by atoms with E-state index in [4.69, 9.17) is 11.6 Å². The van der Waals surface area contributed by atoms with Crippen molar-refractivity contribution in [2.45, 2.75) is 98.8 Å². The molecule has 0 nitrogen and oxygen atoms in total. The molecule has 2 rings (SSSR count). The summed E-state index contributed by atoms with van der Waals surface area (Å²) in [5, 5.41) is 0.923. The number of unbranched alkanes of at least 4 members (excludes halogenated alkanes) is 2. The molecule has 0 unspecified atom stereocenters. The molecule has 2 aromatic rings. The van der Waals surface area contributed by atoms with Crippen LogP contribution in [0.1, 0.15) is 101 Å². The van der Waals surface area contributed by atoms with E-state index in [0.29, 0.717) is 0 Å². The molecular formula is C30H47ClS. The molecular weight excluding hydrogens is 428 g/mol. The lowest BCUT2D eigenvalue weighted by Gasteiger charge is -2.28. The third kappa shape index (κ3) is 10.6. The van der Waals surface area contributed by atoms with Crippen molar-refractivity contribution >= 4 is 24.2 Å². The fraction of sp³-hybridized carbons (Fsp3) is 0.533. The quantitative estimate of drug-likeness (QED) is 0.208. The minimum atomic E-state index is -0.0622. The van der Waals surface area contributed by atoms with Crippen LogP contribution in [0.3, 0.4) is 0 Å². The van der Waals surface area contributed by atoms with Gasteiger partial charge < -0.3 is 0 Å². The van der Waals surface area contributed by atoms with Crippen molar-refractivity contribution in [3.63, 3.8) is 0 Å². The molecule has 0 heterocycles. The van der Waals surface area contributed by atoms with Crippen LogP contribution in [0.25, 0.3) is 0 Å². The Balaban J connectivity index is 0.00000144. The first-order valence-corrected chi connectivity index (χ1v) is 13.3. The molecule has 2 aromatic carbocycles. The molecule has 0 saturated carbocycles. The zero-order valence-electron chi connectivity index (χ0n) is 21.7. The summed E-state index contributed by atoms with van der Waals surface area (Å²) in [7, 11) is 0. The Labute approximate surface area is 210 Å². The number of benzene rings is 2. The van der Waals surface area contributed by atoms with Gasteiger partial charge in [-0.3, -0.25) is 0 Å². The molecule has 0 aliphatic rings. The molecule has 0 bridgehead atoms. The van der Waals surface area contributed by atoms with Gasteiger partial charge in [0.25, 0.3) is 0 Å². The van der Waals surface area contributed by atoms with Gasteiger partial charge in [0.2, 0.25) is 0 Å². The molecule has 0 aromatic heterocycles. The van der Waals surface area contributed by atoms with Crippen LogP contribution in [-0.4, -0.2) is 5.75 Å². The predicted octanol–water partition coefficient (Wildman–Crippen LogP) is 10.2. The van der Waals surface area contributed by atoms with Crippen LogP contribution < -0.4 is 0 Å².